The van der Waals surface area contributed by atoms with Crippen molar-refractivity contribution < 1.29 is 4.79 Å². The quantitative estimate of drug-likeness (QED) is 0.762. The van der Waals surface area contributed by atoms with E-state index in [-0.39, 0.29) is 23.7 Å². The monoisotopic (exact) mass is 252 g/mol. The molecule has 1 aromatic carbocycles. The molecule has 0 saturated carbocycles. The van der Waals surface area contributed by atoms with E-state index in [2.05, 4.69) is 11.4 Å². The molecule has 0 radical (unpaired) electrons. The fraction of sp³-hybridized carbons (Fsp3) is 0.462. The number of hydrogen-bond acceptors (Lipinski definition) is 2. The van der Waals surface area contributed by atoms with Gasteiger partial charge in [-0.05, 0) is 37.6 Å². The Morgan fingerprint density at radius 2 is 1.88 bits per heavy atom. The van der Waals surface area contributed by atoms with Crippen molar-refractivity contribution in [2.24, 2.45) is 0 Å². The molecule has 1 fully saturated rings. The molecular weight excluding hydrogens is 236 g/mol. The summed E-state index contributed by atoms with van der Waals surface area (Å²) in [5.41, 5.74) is 2.08. The normalized spacial score (nSPS) is 21.2. The summed E-state index contributed by atoms with van der Waals surface area (Å²) in [6.07, 6.45) is 1.85. The zero-order valence-corrected chi connectivity index (χ0v) is 10.7. The van der Waals surface area contributed by atoms with E-state index in [4.69, 9.17) is 0 Å². The summed E-state index contributed by atoms with van der Waals surface area (Å²) >= 11 is 0. The second-order valence-electron chi connectivity index (χ2n) is 4.71. The van der Waals surface area contributed by atoms with Crippen molar-refractivity contribution >= 4 is 24.0 Å². The molecule has 3 rings (SSSR count). The number of carbonyl (C=O) groups excluding carboxylic acids is 1. The lowest BCUT2D eigenvalue weighted by Gasteiger charge is -2.32. The van der Waals surface area contributed by atoms with Gasteiger partial charge in [0, 0.05) is 12.7 Å². The first-order valence-electron chi connectivity index (χ1n) is 5.84. The molecule has 2 aliphatic heterocycles. The minimum Gasteiger partial charge on any atom is -0.317 e. The lowest BCUT2D eigenvalue weighted by atomic mass is 9.74. The van der Waals surface area contributed by atoms with Crippen LogP contribution in [0, 0.1) is 0 Å². The van der Waals surface area contributed by atoms with Crippen molar-refractivity contribution in [1.82, 2.24) is 5.32 Å². The Morgan fingerprint density at radius 3 is 2.59 bits per heavy atom. The first-order valence-corrected chi connectivity index (χ1v) is 5.84. The number of likely N-dealkylation sites (N-methyl/N-ethyl adjacent to an activating group) is 1. The highest BCUT2D eigenvalue weighted by molar-refractivity contribution is 6.07. The second-order valence-corrected chi connectivity index (χ2v) is 4.71. The number of amides is 1. The smallest absolute Gasteiger partial charge is 0.237 e. The molecule has 1 N–H and O–H groups in total. The van der Waals surface area contributed by atoms with E-state index in [0.29, 0.717) is 0 Å². The van der Waals surface area contributed by atoms with Crippen molar-refractivity contribution in [3.8, 4) is 0 Å². The molecular formula is C13H17ClN2O. The summed E-state index contributed by atoms with van der Waals surface area (Å²) in [4.78, 5) is 14.3. The number of halogens is 1. The van der Waals surface area contributed by atoms with Gasteiger partial charge in [-0.2, -0.15) is 0 Å². The summed E-state index contributed by atoms with van der Waals surface area (Å²) < 4.78 is 0. The maximum Gasteiger partial charge on any atom is 0.237 e. The van der Waals surface area contributed by atoms with Gasteiger partial charge in [0.2, 0.25) is 5.91 Å². The van der Waals surface area contributed by atoms with Gasteiger partial charge in [0.1, 0.15) is 0 Å². The van der Waals surface area contributed by atoms with E-state index < -0.39 is 0 Å². The van der Waals surface area contributed by atoms with Crippen molar-refractivity contribution in [1.29, 1.82) is 0 Å². The van der Waals surface area contributed by atoms with E-state index in [1.165, 1.54) is 5.56 Å². The number of nitrogens with one attached hydrogen (secondary N) is 1. The number of benzene rings is 1. The zero-order valence-electron chi connectivity index (χ0n) is 9.90. The summed E-state index contributed by atoms with van der Waals surface area (Å²) in [6.45, 7) is 1.88. The number of hydrogen-bond donors (Lipinski definition) is 1. The summed E-state index contributed by atoms with van der Waals surface area (Å²) in [5.74, 6) is 0.273. The van der Waals surface area contributed by atoms with Gasteiger partial charge in [0.05, 0.1) is 5.41 Å². The van der Waals surface area contributed by atoms with Crippen molar-refractivity contribution in [2.75, 3.05) is 25.0 Å². The molecule has 1 saturated heterocycles. The van der Waals surface area contributed by atoms with Crippen LogP contribution in [0.2, 0.25) is 0 Å². The Labute approximate surface area is 108 Å². The number of piperidine rings is 1. The van der Waals surface area contributed by atoms with E-state index in [9.17, 15) is 4.79 Å². The minimum absolute atomic E-state index is 0. The van der Waals surface area contributed by atoms with Crippen LogP contribution in [0.3, 0.4) is 0 Å². The van der Waals surface area contributed by atoms with Gasteiger partial charge < -0.3 is 10.2 Å². The van der Waals surface area contributed by atoms with Gasteiger partial charge in [-0.3, -0.25) is 4.79 Å². The zero-order chi connectivity index (χ0) is 11.2. The van der Waals surface area contributed by atoms with Crippen LogP contribution in [0.1, 0.15) is 18.4 Å². The summed E-state index contributed by atoms with van der Waals surface area (Å²) in [6, 6.07) is 8.20. The molecule has 4 heteroatoms. The third kappa shape index (κ3) is 1.57. The number of rotatable bonds is 0. The Hall–Kier alpha value is -1.06. The van der Waals surface area contributed by atoms with E-state index >= 15 is 0 Å². The van der Waals surface area contributed by atoms with Crippen LogP contribution in [0.25, 0.3) is 0 Å². The molecule has 0 atom stereocenters. The van der Waals surface area contributed by atoms with Gasteiger partial charge >= 0.3 is 0 Å². The number of anilines is 1. The lowest BCUT2D eigenvalue weighted by molar-refractivity contribution is -0.123. The van der Waals surface area contributed by atoms with Crippen LogP contribution in [0.15, 0.2) is 24.3 Å². The molecule has 0 unspecified atom stereocenters. The van der Waals surface area contributed by atoms with Gasteiger partial charge in [-0.25, -0.2) is 0 Å². The van der Waals surface area contributed by atoms with Gasteiger partial charge in [0.25, 0.3) is 0 Å². The Kier molecular flexibility index (Phi) is 3.15. The summed E-state index contributed by atoms with van der Waals surface area (Å²) in [5, 5.41) is 3.33. The molecule has 0 bridgehead atoms. The second kappa shape index (κ2) is 4.31. The van der Waals surface area contributed by atoms with Crippen LogP contribution in [0.5, 0.6) is 0 Å². The van der Waals surface area contributed by atoms with E-state index in [0.717, 1.165) is 31.6 Å². The van der Waals surface area contributed by atoms with Gasteiger partial charge in [0.15, 0.2) is 0 Å². The predicted molar refractivity (Wildman–Crippen MR) is 70.9 cm³/mol. The highest BCUT2D eigenvalue weighted by atomic mass is 35.5. The number of para-hydroxylation sites is 1. The highest BCUT2D eigenvalue weighted by Crippen LogP contribution is 2.46. The SMILES string of the molecule is CN1C(=O)C2(CCNCC2)c2ccccc21.Cl. The van der Waals surface area contributed by atoms with Crippen LogP contribution in [0.4, 0.5) is 5.69 Å². The molecule has 3 nitrogen and oxygen atoms in total. The van der Waals surface area contributed by atoms with Crippen LogP contribution < -0.4 is 10.2 Å². The predicted octanol–water partition coefficient (Wildman–Crippen LogP) is 1.71. The molecule has 2 heterocycles. The maximum atomic E-state index is 12.4. The van der Waals surface area contributed by atoms with Crippen molar-refractivity contribution in [2.45, 2.75) is 18.3 Å². The Morgan fingerprint density at radius 1 is 1.24 bits per heavy atom. The van der Waals surface area contributed by atoms with Gasteiger partial charge in [-0.1, -0.05) is 18.2 Å². The first kappa shape index (κ1) is 12.4. The standard InChI is InChI=1S/C13H16N2O.ClH/c1-15-11-5-3-2-4-10(11)13(12(15)16)6-8-14-9-7-13;/h2-5,14H,6-9H2,1H3;1H. The Balaban J connectivity index is 0.00000108. The van der Waals surface area contributed by atoms with Crippen LogP contribution in [-0.4, -0.2) is 26.0 Å². The van der Waals surface area contributed by atoms with Gasteiger partial charge in [-0.15, -0.1) is 12.4 Å². The fourth-order valence-electron chi connectivity index (χ4n) is 3.05. The maximum absolute atomic E-state index is 12.4. The molecule has 17 heavy (non-hydrogen) atoms. The van der Waals surface area contributed by atoms with Crippen molar-refractivity contribution in [3.63, 3.8) is 0 Å². The fourth-order valence-corrected chi connectivity index (χ4v) is 3.05. The average Bonchev–Trinajstić information content (AvgIpc) is 2.55. The number of nitrogens with zero attached hydrogens (tertiary/aromatic N) is 1. The highest BCUT2D eigenvalue weighted by Gasteiger charge is 2.49. The third-order valence-electron chi connectivity index (χ3n) is 3.95. The topological polar surface area (TPSA) is 32.3 Å². The van der Waals surface area contributed by atoms with E-state index in [1.54, 1.807) is 0 Å². The van der Waals surface area contributed by atoms with Crippen LogP contribution in [-0.2, 0) is 10.2 Å². The largest absolute Gasteiger partial charge is 0.317 e. The van der Waals surface area contributed by atoms with Crippen molar-refractivity contribution in [3.05, 3.63) is 29.8 Å². The minimum atomic E-state index is -0.239. The molecule has 0 aromatic heterocycles. The molecule has 1 aromatic rings. The summed E-state index contributed by atoms with van der Waals surface area (Å²) in [7, 11) is 1.89. The third-order valence-corrected chi connectivity index (χ3v) is 3.95. The molecule has 2 aliphatic rings. The lowest BCUT2D eigenvalue weighted by Crippen LogP contribution is -2.46. The van der Waals surface area contributed by atoms with Crippen LogP contribution >= 0.6 is 12.4 Å². The molecule has 92 valence electrons. The first-order chi connectivity index (χ1) is 7.76. The number of carbonyl (C=O) groups is 1. The number of fused-ring (bicyclic) bond motifs is 2. The molecule has 0 aliphatic carbocycles. The Bertz CT molecular complexity index is 441. The van der Waals surface area contributed by atoms with E-state index in [1.807, 2.05) is 30.1 Å². The molecule has 1 amide bonds. The molecule has 1 spiro atoms. The average molecular weight is 253 g/mol.